The second-order valence-corrected chi connectivity index (χ2v) is 34.7. The van der Waals surface area contributed by atoms with Crippen LogP contribution in [-0.4, -0.2) is 13.7 Å². The van der Waals surface area contributed by atoms with Gasteiger partial charge in [0, 0.05) is 49.4 Å². The minimum absolute atomic E-state index is 0.0171. The quantitative estimate of drug-likeness (QED) is 0.137. The summed E-state index contributed by atoms with van der Waals surface area (Å²) in [5, 5.41) is 5.25. The van der Waals surface area contributed by atoms with Crippen LogP contribution in [0.3, 0.4) is 0 Å². The normalized spacial score (nSPS) is 14.5. The summed E-state index contributed by atoms with van der Waals surface area (Å²) in [6, 6.07) is 71.9. The second-order valence-electron chi connectivity index (χ2n) is 34.7. The van der Waals surface area contributed by atoms with Gasteiger partial charge in [0.1, 0.15) is 0 Å². The van der Waals surface area contributed by atoms with Crippen molar-refractivity contribution in [3.63, 3.8) is 0 Å². The molecular formula is C111H105N3. The van der Waals surface area contributed by atoms with Crippen LogP contribution in [-0.2, 0) is 27.1 Å². The van der Waals surface area contributed by atoms with Crippen LogP contribution in [0.4, 0.5) is 0 Å². The van der Waals surface area contributed by atoms with Crippen molar-refractivity contribution in [2.24, 2.45) is 0 Å². The lowest BCUT2D eigenvalue weighted by Gasteiger charge is -2.29. The first kappa shape index (κ1) is 56.0. The first-order chi connectivity index (χ1) is 62.6. The van der Waals surface area contributed by atoms with Crippen LogP contribution in [0.2, 0.25) is 0 Å². The summed E-state index contributed by atoms with van der Waals surface area (Å²) in [4.78, 5) is 0. The summed E-state index contributed by atoms with van der Waals surface area (Å²) in [6.07, 6.45) is 0. The van der Waals surface area contributed by atoms with E-state index in [1.165, 1.54) is 11.1 Å². The zero-order chi connectivity index (χ0) is 96.1. The van der Waals surface area contributed by atoms with Crippen molar-refractivity contribution in [3.8, 4) is 83.8 Å². The molecule has 0 spiro atoms. The van der Waals surface area contributed by atoms with Gasteiger partial charge in [0.15, 0.2) is 0 Å². The first-order valence-electron chi connectivity index (χ1n) is 48.6. The predicted octanol–water partition coefficient (Wildman–Crippen LogP) is 31.1. The summed E-state index contributed by atoms with van der Waals surface area (Å²) in [5.74, 6) is 0. The lowest BCUT2D eigenvalue weighted by Crippen LogP contribution is -2.17. The highest BCUT2D eigenvalue weighted by Crippen LogP contribution is 2.52. The van der Waals surface area contributed by atoms with Gasteiger partial charge in [-0.1, -0.05) is 382 Å². The molecule has 564 valence electrons. The predicted molar refractivity (Wildman–Crippen MR) is 493 cm³/mol. The van der Waals surface area contributed by atoms with E-state index >= 15 is 0 Å². The molecule has 0 aliphatic carbocycles. The Bertz CT molecular complexity index is 7640. The highest BCUT2D eigenvalue weighted by atomic mass is 15.0. The fourth-order valence-corrected chi connectivity index (χ4v) is 16.7. The SMILES string of the molecule is [2H]c1c([2H])c([2H])c(-c2cccc3c2c2c(C(C)(C)C)c(-c4c([2H])c([2H])c([2H])c(C)c4[2H])ccc2n3-c2ccccc2)c([2H])c1[2H].[2H]c1c([2H])c([2H])c(-c2cccc3c2c2c(C(C)(C)C)c(-c4cc(C(C)(C)C)cc(C(C)(C)C)c4)ccc2n3-c2ccccc2)c([2H])c1[2H].[2H]c1c([2H])c([2H])c(-c2cccc3c2c2c(C(C)(C)C)c(-c4ccccc4)ccc2n3-c2ccccc2)c([2H])c1[2H]. The maximum Gasteiger partial charge on any atom is 0.0632 e. The van der Waals surface area contributed by atoms with Gasteiger partial charge in [0.25, 0.3) is 0 Å². The van der Waals surface area contributed by atoms with Gasteiger partial charge in [0.05, 0.1) is 59.1 Å². The van der Waals surface area contributed by atoms with Crippen LogP contribution in [0.25, 0.3) is 149 Å². The van der Waals surface area contributed by atoms with Gasteiger partial charge in [0.2, 0.25) is 0 Å². The van der Waals surface area contributed by atoms with Gasteiger partial charge >= 0.3 is 0 Å². The standard InChI is InChI=1S/C42H45N.C35H31N.C34H29N/c1-40(2,3)30-25-29(26-31(27-30)41(4,5)6)34-23-24-36-38(39(34)42(7,8)9)37-33(28-17-12-10-13-18-28)21-16-22-35(37)43(36)32-19-14-11-15-20-32;1-24-13-11-16-26(23-24)29-21-22-31-33(34(29)35(2,3)4)32-28(25-14-7-5-8-15-25)19-12-20-30(32)36(31)27-17-9-6-10-18-27;1-34(2,3)33-28(25-16-9-5-10-17-25)22-23-30-32(33)31-27(24-14-7-4-8-15-24)20-13-21-29(31)35(30)26-18-11-6-12-19-26/h10-27H,1-9H3;5-23H,1-4H3;4-23H,1-3H3/i10D,12D,13D,17D,18D;5D,7D,8D,11D,13D,14D,15D,16D,23D;4D,7D,8D,14D,15D. The van der Waals surface area contributed by atoms with Crippen molar-refractivity contribution in [1.82, 2.24) is 13.7 Å². The lowest BCUT2D eigenvalue weighted by atomic mass is 9.75. The number of benzene rings is 15. The third-order valence-electron chi connectivity index (χ3n) is 21.6. The van der Waals surface area contributed by atoms with Crippen molar-refractivity contribution in [2.75, 3.05) is 0 Å². The Morgan fingerprint density at radius 1 is 0.219 bits per heavy atom. The number of nitrogens with zero attached hydrogens (tertiary/aromatic N) is 3. The molecule has 0 bridgehead atoms. The Morgan fingerprint density at radius 2 is 0.509 bits per heavy atom. The fraction of sp³-hybridized carbons (Fsp3) is 0.189. The second kappa shape index (κ2) is 30.0. The minimum Gasteiger partial charge on any atom is -0.309 e. The third kappa shape index (κ3) is 14.3. The van der Waals surface area contributed by atoms with Crippen molar-refractivity contribution in [1.29, 1.82) is 0 Å². The van der Waals surface area contributed by atoms with E-state index in [2.05, 4.69) is 188 Å². The Labute approximate surface area is 702 Å². The molecule has 18 rings (SSSR count). The maximum absolute atomic E-state index is 8.99. The molecule has 0 radical (unpaired) electrons. The van der Waals surface area contributed by atoms with E-state index in [1.54, 1.807) is 13.0 Å². The van der Waals surface area contributed by atoms with E-state index < -0.39 is 29.6 Å². The van der Waals surface area contributed by atoms with Gasteiger partial charge in [-0.05, 0) is 201 Å². The Balaban J connectivity index is 0.000000146. The Hall–Kier alpha value is -12.3. The van der Waals surface area contributed by atoms with E-state index in [0.717, 1.165) is 116 Å². The van der Waals surface area contributed by atoms with E-state index in [4.69, 9.17) is 26.0 Å². The van der Waals surface area contributed by atoms with E-state index in [1.807, 2.05) is 154 Å². The van der Waals surface area contributed by atoms with Crippen LogP contribution in [0, 0.1) is 6.92 Å². The Morgan fingerprint density at radius 3 is 0.825 bits per heavy atom. The Kier molecular flexibility index (Phi) is 14.7. The number of fused-ring (bicyclic) bond motifs is 9. The van der Waals surface area contributed by atoms with E-state index in [-0.39, 0.29) is 135 Å². The molecule has 3 aromatic heterocycles. The molecule has 0 saturated heterocycles. The monoisotopic (exact) mass is 1500 g/mol. The molecule has 3 heteroatoms. The average Bonchev–Trinajstić information content (AvgIpc) is 1.56. The lowest BCUT2D eigenvalue weighted by molar-refractivity contribution is 0.568. The van der Waals surface area contributed by atoms with Crippen LogP contribution in [0.1, 0.15) is 163 Å². The average molecular weight is 1500 g/mol. The van der Waals surface area contributed by atoms with Crippen LogP contribution in [0.15, 0.2) is 345 Å². The molecule has 0 N–H and O–H groups in total. The number of hydrogen-bond acceptors (Lipinski definition) is 0. The molecule has 3 nitrogen and oxygen atoms in total. The van der Waals surface area contributed by atoms with Gasteiger partial charge in [-0.25, -0.2) is 0 Å². The van der Waals surface area contributed by atoms with Crippen molar-refractivity contribution < 1.29 is 26.0 Å². The van der Waals surface area contributed by atoms with Crippen LogP contribution in [0.5, 0.6) is 0 Å². The molecule has 0 unspecified atom stereocenters. The maximum atomic E-state index is 8.99. The number of hydrogen-bond donors (Lipinski definition) is 0. The van der Waals surface area contributed by atoms with Gasteiger partial charge in [-0.3, -0.25) is 0 Å². The molecule has 0 fully saturated rings. The van der Waals surface area contributed by atoms with Gasteiger partial charge < -0.3 is 13.7 Å². The van der Waals surface area contributed by atoms with Crippen molar-refractivity contribution in [3.05, 3.63) is 379 Å². The summed E-state index contributed by atoms with van der Waals surface area (Å²) >= 11 is 0. The molecule has 114 heavy (non-hydrogen) atoms. The number of aromatic nitrogens is 3. The molecule has 0 aliphatic rings. The zero-order valence-corrected chi connectivity index (χ0v) is 67.8. The van der Waals surface area contributed by atoms with Crippen molar-refractivity contribution in [2.45, 2.75) is 138 Å². The van der Waals surface area contributed by atoms with Crippen molar-refractivity contribution >= 4 is 65.4 Å². The molecule has 3 heterocycles. The number of para-hydroxylation sites is 3. The van der Waals surface area contributed by atoms with Crippen LogP contribution < -0.4 is 0 Å². The summed E-state index contributed by atoms with van der Waals surface area (Å²) < 4.78 is 170. The largest absolute Gasteiger partial charge is 0.309 e. The molecule has 0 amide bonds. The summed E-state index contributed by atoms with van der Waals surface area (Å²) in [5.41, 5.74) is 20.6. The molecule has 0 atom stereocenters. The molecule has 15 aromatic carbocycles. The molecular weight excluding hydrogens is 1380 g/mol. The summed E-state index contributed by atoms with van der Waals surface area (Å²) in [7, 11) is 0. The smallest absolute Gasteiger partial charge is 0.0632 e. The van der Waals surface area contributed by atoms with E-state index in [0.29, 0.717) is 33.2 Å². The minimum atomic E-state index is -0.577. The van der Waals surface area contributed by atoms with E-state index in [9.17, 15) is 0 Å². The fourth-order valence-electron chi connectivity index (χ4n) is 16.7. The molecule has 0 saturated carbocycles. The zero-order valence-electron chi connectivity index (χ0n) is 86.8. The topological polar surface area (TPSA) is 14.8 Å². The highest BCUT2D eigenvalue weighted by molar-refractivity contribution is 6.21. The molecule has 18 aromatic rings. The van der Waals surface area contributed by atoms with Crippen LogP contribution >= 0.6 is 0 Å². The third-order valence-corrected chi connectivity index (χ3v) is 21.6. The summed E-state index contributed by atoms with van der Waals surface area (Å²) in [6.45, 7) is 34.6. The van der Waals surface area contributed by atoms with Gasteiger partial charge in [-0.2, -0.15) is 0 Å². The molecule has 0 aliphatic heterocycles. The first-order valence-corrected chi connectivity index (χ1v) is 39.1. The number of rotatable bonds is 9. The van der Waals surface area contributed by atoms with Gasteiger partial charge in [-0.15, -0.1) is 0 Å². The highest BCUT2D eigenvalue weighted by Gasteiger charge is 2.33.